The molecular weight excluding hydrogens is 334 g/mol. The van der Waals surface area contributed by atoms with E-state index in [9.17, 15) is 14.4 Å². The largest absolute Gasteiger partial charge is 0.445 e. The van der Waals surface area contributed by atoms with Crippen LogP contribution in [-0.4, -0.2) is 36.0 Å². The highest BCUT2D eigenvalue weighted by Crippen LogP contribution is 2.05. The number of amides is 3. The quantitative estimate of drug-likeness (QED) is 0.690. The summed E-state index contributed by atoms with van der Waals surface area (Å²) in [5.74, 6) is -0.884. The van der Waals surface area contributed by atoms with Crippen LogP contribution in [0.2, 0.25) is 0 Å². The molecule has 7 nitrogen and oxygen atoms in total. The molecule has 0 bridgehead atoms. The van der Waals surface area contributed by atoms with Crippen molar-refractivity contribution in [3.8, 4) is 0 Å². The zero-order chi connectivity index (χ0) is 19.7. The van der Waals surface area contributed by atoms with Crippen LogP contribution in [0.25, 0.3) is 0 Å². The van der Waals surface area contributed by atoms with Crippen LogP contribution in [0.5, 0.6) is 0 Å². The topological polar surface area (TPSA) is 96.5 Å². The molecule has 0 saturated heterocycles. The minimum atomic E-state index is -0.791. The average molecular weight is 363 g/mol. The Morgan fingerprint density at radius 2 is 1.69 bits per heavy atom. The molecule has 0 aliphatic rings. The molecule has 0 aliphatic carbocycles. The lowest BCUT2D eigenvalue weighted by Gasteiger charge is -2.23. The summed E-state index contributed by atoms with van der Waals surface area (Å²) in [5.41, 5.74) is 0.478. The van der Waals surface area contributed by atoms with Gasteiger partial charge in [-0.25, -0.2) is 4.79 Å². The van der Waals surface area contributed by atoms with Crippen LogP contribution < -0.4 is 16.0 Å². The van der Waals surface area contributed by atoms with Gasteiger partial charge in [0.2, 0.25) is 11.8 Å². The zero-order valence-corrected chi connectivity index (χ0v) is 16.1. The van der Waals surface area contributed by atoms with Crippen molar-refractivity contribution < 1.29 is 19.1 Å². The van der Waals surface area contributed by atoms with Crippen LogP contribution >= 0.6 is 0 Å². The number of rotatable bonds is 7. The Kier molecular flexibility index (Phi) is 8.09. The fourth-order valence-electron chi connectivity index (χ4n) is 2.17. The maximum Gasteiger partial charge on any atom is 0.408 e. The van der Waals surface area contributed by atoms with Crippen molar-refractivity contribution in [3.63, 3.8) is 0 Å². The monoisotopic (exact) mass is 363 g/mol. The first-order chi connectivity index (χ1) is 12.1. The Bertz CT molecular complexity index is 609. The van der Waals surface area contributed by atoms with Crippen LogP contribution in [0.4, 0.5) is 4.79 Å². The molecule has 0 radical (unpaired) electrons. The van der Waals surface area contributed by atoms with E-state index in [1.54, 1.807) is 13.8 Å². The Morgan fingerprint density at radius 3 is 2.23 bits per heavy atom. The van der Waals surface area contributed by atoms with Gasteiger partial charge in [0.1, 0.15) is 12.6 Å². The fourth-order valence-corrected chi connectivity index (χ4v) is 2.17. The summed E-state index contributed by atoms with van der Waals surface area (Å²) < 4.78 is 5.14. The number of hydrogen-bond donors (Lipinski definition) is 3. The first kappa shape index (κ1) is 21.5. The normalized spacial score (nSPS) is 12.2. The van der Waals surface area contributed by atoms with Gasteiger partial charge in [-0.2, -0.15) is 0 Å². The van der Waals surface area contributed by atoms with Crippen LogP contribution in [0, 0.1) is 5.92 Å². The van der Waals surface area contributed by atoms with E-state index in [2.05, 4.69) is 16.0 Å². The smallest absolute Gasteiger partial charge is 0.408 e. The predicted octanol–water partition coefficient (Wildman–Crippen LogP) is 1.97. The molecule has 1 aromatic rings. The third-order valence-corrected chi connectivity index (χ3v) is 3.37. The molecule has 0 unspecified atom stereocenters. The number of alkyl carbamates (subject to hydrolysis) is 1. The second-order valence-electron chi connectivity index (χ2n) is 7.44. The summed E-state index contributed by atoms with van der Waals surface area (Å²) >= 11 is 0. The van der Waals surface area contributed by atoms with Crippen molar-refractivity contribution >= 4 is 17.9 Å². The number of benzene rings is 1. The third kappa shape index (κ3) is 8.50. The van der Waals surface area contributed by atoms with Crippen molar-refractivity contribution in [1.82, 2.24) is 16.0 Å². The van der Waals surface area contributed by atoms with Crippen LogP contribution in [0.15, 0.2) is 30.3 Å². The molecule has 1 aromatic carbocycles. The van der Waals surface area contributed by atoms with Gasteiger partial charge < -0.3 is 20.7 Å². The highest BCUT2D eigenvalue weighted by molar-refractivity contribution is 5.89. The van der Waals surface area contributed by atoms with E-state index < -0.39 is 18.0 Å². The van der Waals surface area contributed by atoms with Gasteiger partial charge in [0.05, 0.1) is 6.54 Å². The lowest BCUT2D eigenvalue weighted by atomic mass is 10.0. The van der Waals surface area contributed by atoms with Crippen molar-refractivity contribution in [2.24, 2.45) is 5.92 Å². The Morgan fingerprint density at radius 1 is 1.08 bits per heavy atom. The minimum Gasteiger partial charge on any atom is -0.445 e. The van der Waals surface area contributed by atoms with Crippen molar-refractivity contribution in [2.75, 3.05) is 6.54 Å². The molecule has 0 spiro atoms. The van der Waals surface area contributed by atoms with Crippen LogP contribution in [0.3, 0.4) is 0 Å². The molecule has 1 rings (SSSR count). The lowest BCUT2D eigenvalue weighted by molar-refractivity contribution is -0.128. The minimum absolute atomic E-state index is 0.118. The summed E-state index contributed by atoms with van der Waals surface area (Å²) in [6, 6.07) is 8.47. The van der Waals surface area contributed by atoms with Gasteiger partial charge in [-0.05, 0) is 32.3 Å². The van der Waals surface area contributed by atoms with E-state index in [1.807, 2.05) is 51.1 Å². The predicted molar refractivity (Wildman–Crippen MR) is 99.3 cm³/mol. The van der Waals surface area contributed by atoms with Gasteiger partial charge in [0.25, 0.3) is 0 Å². The summed E-state index contributed by atoms with van der Waals surface area (Å²) in [4.78, 5) is 36.1. The highest BCUT2D eigenvalue weighted by atomic mass is 16.5. The number of carbonyl (C=O) groups is 3. The Hall–Kier alpha value is -2.57. The van der Waals surface area contributed by atoms with Gasteiger partial charge in [-0.3, -0.25) is 9.59 Å². The number of hydrogen-bond acceptors (Lipinski definition) is 4. The molecule has 0 aromatic heterocycles. The van der Waals surface area contributed by atoms with Gasteiger partial charge in [0.15, 0.2) is 0 Å². The van der Waals surface area contributed by atoms with E-state index in [-0.39, 0.29) is 30.5 Å². The molecular formula is C19H29N3O4. The highest BCUT2D eigenvalue weighted by Gasteiger charge is 2.25. The first-order valence-electron chi connectivity index (χ1n) is 8.64. The fraction of sp³-hybridized carbons (Fsp3) is 0.526. The van der Waals surface area contributed by atoms with Crippen molar-refractivity contribution in [1.29, 1.82) is 0 Å². The molecule has 7 heteroatoms. The van der Waals surface area contributed by atoms with Gasteiger partial charge in [-0.15, -0.1) is 0 Å². The van der Waals surface area contributed by atoms with E-state index in [0.717, 1.165) is 5.56 Å². The molecule has 0 saturated carbocycles. The van der Waals surface area contributed by atoms with E-state index >= 15 is 0 Å². The number of ether oxygens (including phenoxy) is 1. The average Bonchev–Trinajstić information content (AvgIpc) is 2.55. The molecule has 0 heterocycles. The lowest BCUT2D eigenvalue weighted by Crippen LogP contribution is -2.52. The van der Waals surface area contributed by atoms with Crippen molar-refractivity contribution in [2.45, 2.75) is 52.8 Å². The summed E-state index contributed by atoms with van der Waals surface area (Å²) in [6.45, 7) is 9.14. The first-order valence-corrected chi connectivity index (χ1v) is 8.64. The van der Waals surface area contributed by atoms with E-state index in [0.29, 0.717) is 0 Å². The summed E-state index contributed by atoms with van der Waals surface area (Å²) in [7, 11) is 0. The van der Waals surface area contributed by atoms with Gasteiger partial charge in [-0.1, -0.05) is 44.2 Å². The second kappa shape index (κ2) is 9.79. The molecule has 1 atom stereocenters. The molecule has 3 N–H and O–H groups in total. The maximum absolute atomic E-state index is 12.3. The van der Waals surface area contributed by atoms with Gasteiger partial charge in [0, 0.05) is 5.54 Å². The number of nitrogens with one attached hydrogen (secondary N) is 3. The Labute approximate surface area is 154 Å². The second-order valence-corrected chi connectivity index (χ2v) is 7.44. The SMILES string of the molecule is CC(C)[C@H](NC(=O)OCc1ccccc1)C(=O)NCC(=O)NC(C)(C)C. The summed E-state index contributed by atoms with van der Waals surface area (Å²) in [5, 5.41) is 7.85. The summed E-state index contributed by atoms with van der Waals surface area (Å²) in [6.07, 6.45) is -0.679. The molecule has 26 heavy (non-hydrogen) atoms. The third-order valence-electron chi connectivity index (χ3n) is 3.37. The van der Waals surface area contributed by atoms with E-state index in [4.69, 9.17) is 4.74 Å². The number of carbonyl (C=O) groups excluding carboxylic acids is 3. The molecule has 0 aliphatic heterocycles. The van der Waals surface area contributed by atoms with Crippen molar-refractivity contribution in [3.05, 3.63) is 35.9 Å². The van der Waals surface area contributed by atoms with Crippen LogP contribution in [-0.2, 0) is 20.9 Å². The van der Waals surface area contributed by atoms with Crippen LogP contribution in [0.1, 0.15) is 40.2 Å². The molecule has 0 fully saturated rings. The maximum atomic E-state index is 12.3. The molecule has 144 valence electrons. The Balaban J connectivity index is 2.49. The zero-order valence-electron chi connectivity index (χ0n) is 16.1. The molecule has 3 amide bonds. The van der Waals surface area contributed by atoms with E-state index in [1.165, 1.54) is 0 Å². The van der Waals surface area contributed by atoms with Gasteiger partial charge >= 0.3 is 6.09 Å². The standard InChI is InChI=1S/C19H29N3O4/c1-13(2)16(17(24)20-11-15(23)22-19(3,4)5)21-18(25)26-12-14-9-7-6-8-10-14/h6-10,13,16H,11-12H2,1-5H3,(H,20,24)(H,21,25)(H,22,23)/t16-/m0/s1.